The predicted molar refractivity (Wildman–Crippen MR) is 56.4 cm³/mol. The van der Waals surface area contributed by atoms with E-state index in [4.69, 9.17) is 5.11 Å². The van der Waals surface area contributed by atoms with Gasteiger partial charge in [0.25, 0.3) is 0 Å². The van der Waals surface area contributed by atoms with Crippen molar-refractivity contribution in [1.82, 2.24) is 0 Å². The maximum atomic E-state index is 9.82. The van der Waals surface area contributed by atoms with E-state index in [2.05, 4.69) is 0 Å². The van der Waals surface area contributed by atoms with Crippen molar-refractivity contribution in [2.45, 2.75) is 31.0 Å². The van der Waals surface area contributed by atoms with Gasteiger partial charge in [0.05, 0.1) is 12.2 Å². The SMILES string of the molecule is OCC(O)c1ccccc1CC1(O)CC1. The molecule has 1 unspecified atom stereocenters. The van der Waals surface area contributed by atoms with Crippen LogP contribution in [0.1, 0.15) is 30.1 Å². The standard InChI is InChI=1S/C12H16O3/c13-8-11(14)10-4-2-1-3-9(10)7-12(15)5-6-12/h1-4,11,13-15H,5-8H2. The number of aliphatic hydroxyl groups excluding tert-OH is 2. The molecule has 1 atom stereocenters. The van der Waals surface area contributed by atoms with Crippen molar-refractivity contribution < 1.29 is 15.3 Å². The van der Waals surface area contributed by atoms with E-state index in [-0.39, 0.29) is 6.61 Å². The van der Waals surface area contributed by atoms with E-state index in [9.17, 15) is 10.2 Å². The van der Waals surface area contributed by atoms with Crippen LogP contribution in [0, 0.1) is 0 Å². The van der Waals surface area contributed by atoms with Crippen LogP contribution in [0.3, 0.4) is 0 Å². The summed E-state index contributed by atoms with van der Waals surface area (Å²) >= 11 is 0. The zero-order valence-electron chi connectivity index (χ0n) is 8.56. The summed E-state index contributed by atoms with van der Waals surface area (Å²) in [6.07, 6.45) is 1.39. The fourth-order valence-electron chi connectivity index (χ4n) is 1.79. The van der Waals surface area contributed by atoms with Gasteiger partial charge in [-0.25, -0.2) is 0 Å². The van der Waals surface area contributed by atoms with Gasteiger partial charge in [-0.05, 0) is 24.0 Å². The van der Waals surface area contributed by atoms with Crippen LogP contribution in [-0.4, -0.2) is 27.5 Å². The van der Waals surface area contributed by atoms with Crippen LogP contribution in [0.2, 0.25) is 0 Å². The molecule has 3 nitrogen and oxygen atoms in total. The van der Waals surface area contributed by atoms with Gasteiger partial charge in [0.15, 0.2) is 0 Å². The summed E-state index contributed by atoms with van der Waals surface area (Å²) in [5.74, 6) is 0. The maximum absolute atomic E-state index is 9.82. The third-order valence-corrected chi connectivity index (χ3v) is 2.93. The van der Waals surface area contributed by atoms with E-state index in [0.29, 0.717) is 6.42 Å². The Morgan fingerprint density at radius 1 is 1.27 bits per heavy atom. The van der Waals surface area contributed by atoms with Crippen molar-refractivity contribution in [2.75, 3.05) is 6.61 Å². The van der Waals surface area contributed by atoms with E-state index < -0.39 is 11.7 Å². The van der Waals surface area contributed by atoms with Crippen molar-refractivity contribution in [1.29, 1.82) is 0 Å². The first kappa shape index (κ1) is 10.6. The first-order valence-corrected chi connectivity index (χ1v) is 5.24. The molecule has 3 heteroatoms. The molecule has 0 spiro atoms. The molecule has 1 aliphatic carbocycles. The molecule has 0 radical (unpaired) electrons. The largest absolute Gasteiger partial charge is 0.393 e. The van der Waals surface area contributed by atoms with E-state index in [1.54, 1.807) is 6.07 Å². The first-order valence-electron chi connectivity index (χ1n) is 5.24. The molecule has 1 aromatic rings. The Balaban J connectivity index is 2.21. The van der Waals surface area contributed by atoms with E-state index in [1.807, 2.05) is 18.2 Å². The van der Waals surface area contributed by atoms with Crippen molar-refractivity contribution in [3.05, 3.63) is 35.4 Å². The summed E-state index contributed by atoms with van der Waals surface area (Å²) in [6.45, 7) is -0.282. The summed E-state index contributed by atoms with van der Waals surface area (Å²) in [4.78, 5) is 0. The summed E-state index contributed by atoms with van der Waals surface area (Å²) in [7, 11) is 0. The molecule has 0 saturated heterocycles. The number of aliphatic hydroxyl groups is 3. The smallest absolute Gasteiger partial charge is 0.102 e. The number of rotatable bonds is 4. The van der Waals surface area contributed by atoms with E-state index >= 15 is 0 Å². The average Bonchev–Trinajstić information content (AvgIpc) is 2.96. The van der Waals surface area contributed by atoms with Crippen molar-refractivity contribution in [3.63, 3.8) is 0 Å². The lowest BCUT2D eigenvalue weighted by atomic mass is 9.97. The van der Waals surface area contributed by atoms with Crippen LogP contribution in [0.5, 0.6) is 0 Å². The average molecular weight is 208 g/mol. The van der Waals surface area contributed by atoms with Gasteiger partial charge < -0.3 is 15.3 Å². The zero-order valence-corrected chi connectivity index (χ0v) is 8.56. The van der Waals surface area contributed by atoms with Gasteiger partial charge in [-0.2, -0.15) is 0 Å². The number of hydrogen-bond donors (Lipinski definition) is 3. The second-order valence-corrected chi connectivity index (χ2v) is 4.30. The highest BCUT2D eigenvalue weighted by atomic mass is 16.3. The first-order chi connectivity index (χ1) is 7.14. The van der Waals surface area contributed by atoms with Gasteiger partial charge in [-0.15, -0.1) is 0 Å². The quantitative estimate of drug-likeness (QED) is 0.685. The third kappa shape index (κ3) is 2.37. The molecule has 2 rings (SSSR count). The van der Waals surface area contributed by atoms with Crippen LogP contribution in [0.25, 0.3) is 0 Å². The molecule has 15 heavy (non-hydrogen) atoms. The predicted octanol–water partition coefficient (Wildman–Crippen LogP) is 0.780. The lowest BCUT2D eigenvalue weighted by Crippen LogP contribution is -2.14. The van der Waals surface area contributed by atoms with Gasteiger partial charge >= 0.3 is 0 Å². The van der Waals surface area contributed by atoms with Crippen molar-refractivity contribution in [2.24, 2.45) is 0 Å². The van der Waals surface area contributed by atoms with Crippen LogP contribution in [0.15, 0.2) is 24.3 Å². The third-order valence-electron chi connectivity index (χ3n) is 2.93. The van der Waals surface area contributed by atoms with Crippen LogP contribution >= 0.6 is 0 Å². The van der Waals surface area contributed by atoms with Crippen molar-refractivity contribution >= 4 is 0 Å². The van der Waals surface area contributed by atoms with E-state index in [0.717, 1.165) is 24.0 Å². The highest BCUT2D eigenvalue weighted by molar-refractivity contribution is 5.31. The van der Waals surface area contributed by atoms with Gasteiger partial charge in [0.1, 0.15) is 6.10 Å². The highest BCUT2D eigenvalue weighted by Gasteiger charge is 2.40. The molecule has 1 saturated carbocycles. The summed E-state index contributed by atoms with van der Waals surface area (Å²) in [6, 6.07) is 7.40. The Labute approximate surface area is 89.0 Å². The molecular weight excluding hydrogens is 192 g/mol. The molecule has 1 aromatic carbocycles. The van der Waals surface area contributed by atoms with Crippen LogP contribution in [0.4, 0.5) is 0 Å². The minimum Gasteiger partial charge on any atom is -0.393 e. The van der Waals surface area contributed by atoms with Gasteiger partial charge in [0.2, 0.25) is 0 Å². The van der Waals surface area contributed by atoms with Gasteiger partial charge in [-0.1, -0.05) is 24.3 Å². The second-order valence-electron chi connectivity index (χ2n) is 4.30. The van der Waals surface area contributed by atoms with Crippen LogP contribution in [-0.2, 0) is 6.42 Å². The Morgan fingerprint density at radius 2 is 1.93 bits per heavy atom. The number of benzene rings is 1. The van der Waals surface area contributed by atoms with Crippen LogP contribution < -0.4 is 0 Å². The Hall–Kier alpha value is -0.900. The topological polar surface area (TPSA) is 60.7 Å². The maximum Gasteiger partial charge on any atom is 0.102 e. The number of hydrogen-bond acceptors (Lipinski definition) is 3. The molecule has 0 heterocycles. The Bertz CT molecular complexity index is 344. The fourth-order valence-corrected chi connectivity index (χ4v) is 1.79. The minimum atomic E-state index is -0.844. The van der Waals surface area contributed by atoms with Gasteiger partial charge in [0, 0.05) is 6.42 Å². The van der Waals surface area contributed by atoms with Gasteiger partial charge in [-0.3, -0.25) is 0 Å². The minimum absolute atomic E-state index is 0.282. The summed E-state index contributed by atoms with van der Waals surface area (Å²) < 4.78 is 0. The monoisotopic (exact) mass is 208 g/mol. The fraction of sp³-hybridized carbons (Fsp3) is 0.500. The molecule has 1 fully saturated rings. The van der Waals surface area contributed by atoms with E-state index in [1.165, 1.54) is 0 Å². The molecule has 3 N–H and O–H groups in total. The molecule has 82 valence electrons. The normalized spacial score (nSPS) is 19.9. The molecule has 0 amide bonds. The molecule has 0 bridgehead atoms. The lowest BCUT2D eigenvalue weighted by Gasteiger charge is -2.15. The Kier molecular flexibility index (Phi) is 2.78. The molecule has 1 aliphatic rings. The summed E-state index contributed by atoms with van der Waals surface area (Å²) in [5, 5.41) is 28.3. The Morgan fingerprint density at radius 3 is 2.53 bits per heavy atom. The summed E-state index contributed by atoms with van der Waals surface area (Å²) in [5.41, 5.74) is 1.09. The molecular formula is C12H16O3. The molecule has 0 aromatic heterocycles. The van der Waals surface area contributed by atoms with Crippen molar-refractivity contribution in [3.8, 4) is 0 Å². The zero-order chi connectivity index (χ0) is 10.9. The molecule has 0 aliphatic heterocycles. The second kappa shape index (κ2) is 3.93. The highest BCUT2D eigenvalue weighted by Crippen LogP contribution is 2.39. The lowest BCUT2D eigenvalue weighted by molar-refractivity contribution is 0.0933.